The predicted molar refractivity (Wildman–Crippen MR) is 114 cm³/mol. The van der Waals surface area contributed by atoms with Crippen LogP contribution in [0.5, 0.6) is 0 Å². The Morgan fingerprint density at radius 1 is 1.14 bits per heavy atom. The van der Waals surface area contributed by atoms with Crippen LogP contribution >= 0.6 is 35.0 Å². The molecule has 2 aromatic rings. The third kappa shape index (κ3) is 4.41. The van der Waals surface area contributed by atoms with Crippen molar-refractivity contribution in [2.24, 2.45) is 0 Å². The number of hydrogen-bond donors (Lipinski definition) is 1. The predicted octanol–water partition coefficient (Wildman–Crippen LogP) is 5.29. The Balaban J connectivity index is 1.75. The Labute approximate surface area is 176 Å². The van der Waals surface area contributed by atoms with Crippen LogP contribution in [0.3, 0.4) is 0 Å². The minimum Gasteiger partial charge on any atom is -0.324 e. The van der Waals surface area contributed by atoms with Crippen molar-refractivity contribution in [3.05, 3.63) is 68.0 Å². The lowest BCUT2D eigenvalue weighted by Crippen LogP contribution is -2.36. The highest BCUT2D eigenvalue weighted by atomic mass is 35.5. The number of carbonyl (C=O) groups excluding carboxylic acids is 3. The molecule has 0 atom stereocenters. The first-order chi connectivity index (χ1) is 13.3. The van der Waals surface area contributed by atoms with E-state index in [0.717, 1.165) is 27.8 Å². The molecule has 28 heavy (non-hydrogen) atoms. The fourth-order valence-electron chi connectivity index (χ4n) is 2.70. The van der Waals surface area contributed by atoms with Crippen molar-refractivity contribution in [2.45, 2.75) is 13.8 Å². The summed E-state index contributed by atoms with van der Waals surface area (Å²) >= 11 is 13.0. The summed E-state index contributed by atoms with van der Waals surface area (Å²) in [5.74, 6) is -1.01. The van der Waals surface area contributed by atoms with E-state index in [1.165, 1.54) is 6.08 Å². The van der Waals surface area contributed by atoms with Crippen molar-refractivity contribution in [1.82, 2.24) is 4.90 Å². The molecule has 0 radical (unpaired) electrons. The molecule has 0 saturated carbocycles. The van der Waals surface area contributed by atoms with Crippen molar-refractivity contribution in [2.75, 3.05) is 11.9 Å². The number of anilines is 1. The number of hydrogen-bond acceptors (Lipinski definition) is 4. The monoisotopic (exact) mass is 434 g/mol. The highest BCUT2D eigenvalue weighted by Gasteiger charge is 2.36. The molecule has 144 valence electrons. The molecule has 2 aromatic carbocycles. The van der Waals surface area contributed by atoms with E-state index in [2.05, 4.69) is 5.32 Å². The van der Waals surface area contributed by atoms with Gasteiger partial charge in [-0.1, -0.05) is 47.0 Å². The van der Waals surface area contributed by atoms with Gasteiger partial charge in [0.25, 0.3) is 11.1 Å². The largest absolute Gasteiger partial charge is 0.324 e. The van der Waals surface area contributed by atoms with Crippen LogP contribution in [0.1, 0.15) is 16.7 Å². The molecule has 5 nitrogen and oxygen atoms in total. The van der Waals surface area contributed by atoms with E-state index in [-0.39, 0.29) is 11.4 Å². The second-order valence-corrected chi connectivity index (χ2v) is 8.08. The Bertz CT molecular complexity index is 1000. The highest BCUT2D eigenvalue weighted by molar-refractivity contribution is 8.18. The third-order valence-corrected chi connectivity index (χ3v) is 5.67. The standard InChI is InChI=1S/C20H16Cl2N2O3S/c1-11-6-7-16(12(2)8-11)23-18(25)10-24-19(26)17(28-20(24)27)9-13-14(21)4-3-5-15(13)22/h3-9H,10H2,1-2H3,(H,23,25)/b17-9+. The maximum Gasteiger partial charge on any atom is 0.294 e. The molecule has 0 spiro atoms. The lowest BCUT2D eigenvalue weighted by atomic mass is 10.1. The smallest absolute Gasteiger partial charge is 0.294 e. The molecule has 0 bridgehead atoms. The molecule has 1 heterocycles. The molecule has 1 N–H and O–H groups in total. The molecule has 3 amide bonds. The topological polar surface area (TPSA) is 66.5 Å². The van der Waals surface area contributed by atoms with E-state index in [1.54, 1.807) is 24.3 Å². The summed E-state index contributed by atoms with van der Waals surface area (Å²) in [4.78, 5) is 38.2. The summed E-state index contributed by atoms with van der Waals surface area (Å²) in [6.07, 6.45) is 1.47. The lowest BCUT2D eigenvalue weighted by molar-refractivity contribution is -0.127. The number of amides is 3. The summed E-state index contributed by atoms with van der Waals surface area (Å²) in [5, 5.41) is 2.95. The van der Waals surface area contributed by atoms with Crippen LogP contribution < -0.4 is 5.32 Å². The number of rotatable bonds is 4. The first kappa shape index (κ1) is 20.5. The lowest BCUT2D eigenvalue weighted by Gasteiger charge is -2.14. The summed E-state index contributed by atoms with van der Waals surface area (Å²) in [7, 11) is 0. The zero-order valence-electron chi connectivity index (χ0n) is 15.1. The molecule has 0 aliphatic carbocycles. The SMILES string of the molecule is Cc1ccc(NC(=O)CN2C(=O)S/C(=C/c3c(Cl)cccc3Cl)C2=O)c(C)c1. The zero-order valence-corrected chi connectivity index (χ0v) is 17.4. The fourth-order valence-corrected chi connectivity index (χ4v) is 4.03. The van der Waals surface area contributed by atoms with Crippen molar-refractivity contribution in [3.8, 4) is 0 Å². The van der Waals surface area contributed by atoms with Crippen LogP contribution in [0.15, 0.2) is 41.3 Å². The summed E-state index contributed by atoms with van der Waals surface area (Å²) < 4.78 is 0. The third-order valence-electron chi connectivity index (χ3n) is 4.11. The molecular formula is C20H16Cl2N2O3S. The van der Waals surface area contributed by atoms with E-state index in [1.807, 2.05) is 26.0 Å². The Kier molecular flexibility index (Phi) is 6.13. The van der Waals surface area contributed by atoms with E-state index < -0.39 is 17.1 Å². The van der Waals surface area contributed by atoms with Crippen LogP contribution in [0.4, 0.5) is 10.5 Å². The number of aryl methyl sites for hydroxylation is 2. The number of thioether (sulfide) groups is 1. The number of nitrogens with one attached hydrogen (secondary N) is 1. The molecule has 8 heteroatoms. The van der Waals surface area contributed by atoms with Gasteiger partial charge in [-0.2, -0.15) is 0 Å². The summed E-state index contributed by atoms with van der Waals surface area (Å²) in [5.41, 5.74) is 3.07. The average molecular weight is 435 g/mol. The quantitative estimate of drug-likeness (QED) is 0.664. The molecular weight excluding hydrogens is 419 g/mol. The number of nitrogens with zero attached hydrogens (tertiary/aromatic N) is 1. The molecule has 1 aliphatic heterocycles. The fraction of sp³-hybridized carbons (Fsp3) is 0.150. The van der Waals surface area contributed by atoms with Gasteiger partial charge in [0.1, 0.15) is 6.54 Å². The van der Waals surface area contributed by atoms with Gasteiger partial charge in [0.2, 0.25) is 5.91 Å². The summed E-state index contributed by atoms with van der Waals surface area (Å²) in [6, 6.07) is 10.6. The molecule has 1 saturated heterocycles. The maximum atomic E-state index is 12.6. The van der Waals surface area contributed by atoms with Gasteiger partial charge in [0.15, 0.2) is 0 Å². The summed E-state index contributed by atoms with van der Waals surface area (Å²) in [6.45, 7) is 3.46. The number of carbonyl (C=O) groups is 3. The van der Waals surface area contributed by atoms with Gasteiger partial charge in [0.05, 0.1) is 4.91 Å². The number of imide groups is 1. The maximum absolute atomic E-state index is 12.6. The van der Waals surface area contributed by atoms with E-state index >= 15 is 0 Å². The Morgan fingerprint density at radius 2 is 1.82 bits per heavy atom. The minimum absolute atomic E-state index is 0.166. The van der Waals surface area contributed by atoms with Crippen molar-refractivity contribution in [1.29, 1.82) is 0 Å². The Hall–Kier alpha value is -2.28. The second kappa shape index (κ2) is 8.39. The first-order valence-electron chi connectivity index (χ1n) is 8.32. The molecule has 1 fully saturated rings. The normalized spacial score (nSPS) is 15.4. The first-order valence-corrected chi connectivity index (χ1v) is 9.90. The van der Waals surface area contributed by atoms with Gasteiger partial charge in [-0.15, -0.1) is 0 Å². The van der Waals surface area contributed by atoms with Gasteiger partial charge in [-0.25, -0.2) is 0 Å². The van der Waals surface area contributed by atoms with E-state index in [0.29, 0.717) is 21.3 Å². The molecule has 0 aromatic heterocycles. The van der Waals surface area contributed by atoms with Crippen molar-refractivity contribution >= 4 is 63.8 Å². The van der Waals surface area contributed by atoms with Gasteiger partial charge >= 0.3 is 0 Å². The second-order valence-electron chi connectivity index (χ2n) is 6.27. The highest BCUT2D eigenvalue weighted by Crippen LogP contribution is 2.35. The molecule has 0 unspecified atom stereocenters. The van der Waals surface area contributed by atoms with Crippen molar-refractivity contribution in [3.63, 3.8) is 0 Å². The van der Waals surface area contributed by atoms with Crippen LogP contribution in [0.2, 0.25) is 10.0 Å². The number of halogens is 2. The van der Waals surface area contributed by atoms with Crippen LogP contribution in [0, 0.1) is 13.8 Å². The van der Waals surface area contributed by atoms with Gasteiger partial charge in [0, 0.05) is 21.3 Å². The van der Waals surface area contributed by atoms with Crippen LogP contribution in [-0.2, 0) is 9.59 Å². The van der Waals surface area contributed by atoms with Gasteiger partial charge < -0.3 is 5.32 Å². The average Bonchev–Trinajstić information content (AvgIpc) is 2.88. The minimum atomic E-state index is -0.554. The van der Waals surface area contributed by atoms with E-state index in [4.69, 9.17) is 23.2 Å². The Morgan fingerprint density at radius 3 is 2.46 bits per heavy atom. The van der Waals surface area contributed by atoms with Crippen LogP contribution in [0.25, 0.3) is 6.08 Å². The van der Waals surface area contributed by atoms with Crippen LogP contribution in [-0.4, -0.2) is 28.5 Å². The van der Waals surface area contributed by atoms with Crippen molar-refractivity contribution < 1.29 is 14.4 Å². The number of benzene rings is 2. The molecule has 1 aliphatic rings. The van der Waals surface area contributed by atoms with Gasteiger partial charge in [-0.05, 0) is 55.4 Å². The van der Waals surface area contributed by atoms with Gasteiger partial charge in [-0.3, -0.25) is 19.3 Å². The van der Waals surface area contributed by atoms with E-state index in [9.17, 15) is 14.4 Å². The zero-order chi connectivity index (χ0) is 20.4. The molecule has 3 rings (SSSR count).